The molecule has 0 aromatic rings. The molecule has 0 heterocycles. The van der Waals surface area contributed by atoms with E-state index in [4.69, 9.17) is 14.2 Å². The summed E-state index contributed by atoms with van der Waals surface area (Å²) in [6.07, 6.45) is 26.5. The Morgan fingerprint density at radius 1 is 0.404 bits per heavy atom. The molecule has 0 bridgehead atoms. The van der Waals surface area contributed by atoms with E-state index in [1.54, 1.807) is 0 Å². The molecule has 0 amide bonds. The van der Waals surface area contributed by atoms with Crippen molar-refractivity contribution < 1.29 is 28.6 Å². The first-order valence-electron chi connectivity index (χ1n) is 19.3. The summed E-state index contributed by atoms with van der Waals surface area (Å²) in [5.74, 6) is 2.09. The fourth-order valence-electron chi connectivity index (χ4n) is 5.17. The molecular weight excluding hydrogens is 755 g/mol. The van der Waals surface area contributed by atoms with Crippen LogP contribution >= 0.6 is 26.8 Å². The molecule has 0 rings (SSSR count). The summed E-state index contributed by atoms with van der Waals surface area (Å²) in [6.45, 7) is 8.00. The molecule has 278 valence electrons. The topological polar surface area (TPSA) is 78.9 Å². The zero-order chi connectivity index (χ0) is 34.7. The smallest absolute Gasteiger partial charge is 0.0654 e. The molecular formula is C37H72O6S3Sn. The molecule has 0 fully saturated rings. The molecule has 0 unspecified atom stereocenters. The number of carbonyl (C=O) groups excluding carboxylic acids is 3. The van der Waals surface area contributed by atoms with Crippen LogP contribution in [-0.2, 0) is 28.6 Å². The van der Waals surface area contributed by atoms with E-state index in [0.29, 0.717) is 39.1 Å². The summed E-state index contributed by atoms with van der Waals surface area (Å²) >= 11 is -2.80. The molecule has 0 aliphatic rings. The molecule has 10 heteroatoms. The molecule has 0 radical (unpaired) electrons. The Kier molecular flexibility index (Phi) is 36.3. The Balaban J connectivity index is 4.42. The van der Waals surface area contributed by atoms with Crippen molar-refractivity contribution in [3.05, 3.63) is 0 Å². The summed E-state index contributed by atoms with van der Waals surface area (Å²) in [7, 11) is 5.85. The number of hydrogen-bond acceptors (Lipinski definition) is 9. The molecule has 6 nitrogen and oxygen atoms in total. The van der Waals surface area contributed by atoms with Crippen molar-refractivity contribution in [2.24, 2.45) is 0 Å². The minimum absolute atomic E-state index is 0.0860. The standard InChI is InChI=1S/3C12H24O2S.CH3.Sn/c3*1-2-3-4-5-6-7-8-9-12(13)14-10-11-15;;/h3*15H,2-11H2,1H3;1H3;/q;;;;+3/p-3. The van der Waals surface area contributed by atoms with Gasteiger partial charge in [-0.25, -0.2) is 0 Å². The number of rotatable bonds is 36. The van der Waals surface area contributed by atoms with Crippen LogP contribution in [0.3, 0.4) is 0 Å². The monoisotopic (exact) mass is 828 g/mol. The molecule has 0 saturated carbocycles. The van der Waals surface area contributed by atoms with Crippen molar-refractivity contribution in [2.75, 3.05) is 37.1 Å². The van der Waals surface area contributed by atoms with Gasteiger partial charge in [-0.15, -0.1) is 0 Å². The van der Waals surface area contributed by atoms with Gasteiger partial charge in [-0.05, 0) is 0 Å². The van der Waals surface area contributed by atoms with E-state index >= 15 is 0 Å². The molecule has 0 aromatic heterocycles. The second kappa shape index (κ2) is 36.1. The summed E-state index contributed by atoms with van der Waals surface area (Å²) in [6, 6.07) is 0. The first-order chi connectivity index (χ1) is 22.9. The van der Waals surface area contributed by atoms with E-state index in [2.05, 4.69) is 25.7 Å². The zero-order valence-corrected chi connectivity index (χ0v) is 36.2. The van der Waals surface area contributed by atoms with Crippen LogP contribution in [-0.4, -0.2) is 69.2 Å². The fraction of sp³-hybridized carbons (Fsp3) is 0.919. The summed E-state index contributed by atoms with van der Waals surface area (Å²) in [5, 5.41) is 0. The predicted octanol–water partition coefficient (Wildman–Crippen LogP) is 11.8. The van der Waals surface area contributed by atoms with Gasteiger partial charge in [-0.3, -0.25) is 0 Å². The minimum atomic E-state index is -2.80. The van der Waals surface area contributed by atoms with Crippen molar-refractivity contribution >= 4 is 59.0 Å². The van der Waals surface area contributed by atoms with E-state index in [9.17, 15) is 14.4 Å². The molecule has 0 aliphatic heterocycles. The number of unbranched alkanes of at least 4 members (excludes halogenated alkanes) is 18. The van der Waals surface area contributed by atoms with E-state index in [0.717, 1.165) is 55.8 Å². The summed E-state index contributed by atoms with van der Waals surface area (Å²) < 4.78 is 16.7. The number of ether oxygens (including phenoxy) is 3. The molecule has 0 N–H and O–H groups in total. The molecule has 0 atom stereocenters. The van der Waals surface area contributed by atoms with Gasteiger partial charge in [-0.1, -0.05) is 40.0 Å². The Hall–Kier alpha value is 0.259. The maximum absolute atomic E-state index is 12.2. The van der Waals surface area contributed by atoms with Crippen LogP contribution in [0.4, 0.5) is 0 Å². The second-order valence-corrected chi connectivity index (χ2v) is 48.7. The van der Waals surface area contributed by atoms with E-state index in [1.807, 2.05) is 26.8 Å². The maximum atomic E-state index is 12.2. The average Bonchev–Trinajstić information content (AvgIpc) is 3.06. The van der Waals surface area contributed by atoms with E-state index in [-0.39, 0.29) is 17.9 Å². The Labute approximate surface area is 302 Å². The molecule has 0 saturated heterocycles. The summed E-state index contributed by atoms with van der Waals surface area (Å²) in [4.78, 5) is 39.1. The SMILES string of the molecule is CCCCCCCCCC(=O)OCC[S][Sn]([CH3])([S]CCOC(=O)CCCCCCCCC)[S]CCOC(=O)CCCCCCCCC. The Morgan fingerprint density at radius 2 is 0.638 bits per heavy atom. The van der Waals surface area contributed by atoms with Crippen LogP contribution in [0, 0.1) is 0 Å². The van der Waals surface area contributed by atoms with Gasteiger partial charge >= 0.3 is 264 Å². The number of esters is 3. The third-order valence-electron chi connectivity index (χ3n) is 8.09. The third kappa shape index (κ3) is 34.5. The van der Waals surface area contributed by atoms with Gasteiger partial charge < -0.3 is 0 Å². The van der Waals surface area contributed by atoms with Crippen LogP contribution in [0.1, 0.15) is 175 Å². The van der Waals surface area contributed by atoms with E-state index in [1.165, 1.54) is 96.3 Å². The first-order valence-corrected chi connectivity index (χ1v) is 35.5. The quantitative estimate of drug-likeness (QED) is 0.0265. The van der Waals surface area contributed by atoms with Crippen LogP contribution in [0.2, 0.25) is 4.94 Å². The normalized spacial score (nSPS) is 11.5. The molecule has 0 spiro atoms. The van der Waals surface area contributed by atoms with Gasteiger partial charge in [0.1, 0.15) is 0 Å². The number of carbonyl (C=O) groups is 3. The van der Waals surface area contributed by atoms with Gasteiger partial charge in [0.15, 0.2) is 0 Å². The molecule has 0 aliphatic carbocycles. The molecule has 0 aromatic carbocycles. The van der Waals surface area contributed by atoms with Crippen molar-refractivity contribution in [1.82, 2.24) is 0 Å². The molecule has 47 heavy (non-hydrogen) atoms. The fourth-order valence-corrected chi connectivity index (χ4v) is 35.9. The van der Waals surface area contributed by atoms with Crippen LogP contribution in [0.15, 0.2) is 0 Å². The van der Waals surface area contributed by atoms with Crippen molar-refractivity contribution in [2.45, 2.75) is 180 Å². The van der Waals surface area contributed by atoms with Gasteiger partial charge in [0.25, 0.3) is 0 Å². The van der Waals surface area contributed by atoms with Gasteiger partial charge in [0.2, 0.25) is 0 Å². The number of hydrogen-bond donors (Lipinski definition) is 0. The van der Waals surface area contributed by atoms with Crippen molar-refractivity contribution in [3.8, 4) is 0 Å². The Morgan fingerprint density at radius 3 is 0.894 bits per heavy atom. The van der Waals surface area contributed by atoms with E-state index < -0.39 is 14.2 Å². The van der Waals surface area contributed by atoms with Crippen LogP contribution < -0.4 is 0 Å². The predicted molar refractivity (Wildman–Crippen MR) is 210 cm³/mol. The minimum Gasteiger partial charge on any atom is -0.0654 e. The van der Waals surface area contributed by atoms with Crippen LogP contribution in [0.5, 0.6) is 0 Å². The van der Waals surface area contributed by atoms with Gasteiger partial charge in [-0.2, -0.15) is 0 Å². The van der Waals surface area contributed by atoms with Crippen molar-refractivity contribution in [1.29, 1.82) is 0 Å². The summed E-state index contributed by atoms with van der Waals surface area (Å²) in [5.41, 5.74) is 0. The van der Waals surface area contributed by atoms with Gasteiger partial charge in [0, 0.05) is 0 Å². The first kappa shape index (κ1) is 47.3. The second-order valence-electron chi connectivity index (χ2n) is 12.7. The Bertz CT molecular complexity index is 650. The zero-order valence-electron chi connectivity index (χ0n) is 30.9. The van der Waals surface area contributed by atoms with Gasteiger partial charge in [0.05, 0.1) is 0 Å². The third-order valence-corrected chi connectivity index (χ3v) is 43.7. The average molecular weight is 828 g/mol. The van der Waals surface area contributed by atoms with Crippen LogP contribution in [0.25, 0.3) is 0 Å². The van der Waals surface area contributed by atoms with Crippen molar-refractivity contribution in [3.63, 3.8) is 0 Å².